The van der Waals surface area contributed by atoms with Crippen LogP contribution in [0, 0.1) is 0 Å². The number of hydrogen-bond acceptors (Lipinski definition) is 2. The molecule has 4 nitrogen and oxygen atoms in total. The molecule has 0 saturated carbocycles. The van der Waals surface area contributed by atoms with Crippen LogP contribution in [-0.2, 0) is 6.42 Å². The smallest absolute Gasteiger partial charge is 0.336 e. The van der Waals surface area contributed by atoms with Crippen molar-refractivity contribution in [2.24, 2.45) is 0 Å². The molecule has 0 atom stereocenters. The van der Waals surface area contributed by atoms with Crippen LogP contribution in [0.3, 0.4) is 0 Å². The Kier molecular flexibility index (Phi) is 8.51. The molecule has 4 heteroatoms. The Balaban J connectivity index is 2.86. The van der Waals surface area contributed by atoms with Crippen LogP contribution in [0.15, 0.2) is 12.1 Å². The van der Waals surface area contributed by atoms with E-state index in [2.05, 4.69) is 6.92 Å². The van der Waals surface area contributed by atoms with Crippen LogP contribution in [0.4, 0.5) is 0 Å². The average Bonchev–Trinajstić information content (AvgIpc) is 2.52. The lowest BCUT2D eigenvalue weighted by Crippen LogP contribution is -2.14. The van der Waals surface area contributed by atoms with E-state index in [4.69, 9.17) is 0 Å². The average molecular weight is 334 g/mol. The van der Waals surface area contributed by atoms with Crippen molar-refractivity contribution in [3.63, 3.8) is 0 Å². The van der Waals surface area contributed by atoms with Gasteiger partial charge in [0.15, 0.2) is 0 Å². The third-order valence-electron chi connectivity index (χ3n) is 4.41. The normalized spacial score (nSPS) is 11.0. The minimum Gasteiger partial charge on any atom is -0.478 e. The Morgan fingerprint density at radius 3 is 2.00 bits per heavy atom. The third-order valence-corrected chi connectivity index (χ3v) is 4.41. The molecule has 2 N–H and O–H groups in total. The first-order chi connectivity index (χ1) is 11.4. The molecule has 1 aromatic rings. The molecule has 0 radical (unpaired) electrons. The molecule has 0 amide bonds. The van der Waals surface area contributed by atoms with Crippen LogP contribution < -0.4 is 0 Å². The first-order valence-corrected chi connectivity index (χ1v) is 9.02. The van der Waals surface area contributed by atoms with Gasteiger partial charge in [-0.3, -0.25) is 0 Å². The van der Waals surface area contributed by atoms with Crippen LogP contribution >= 0.6 is 0 Å². The number of carboxylic acid groups (broad SMARTS) is 2. The topological polar surface area (TPSA) is 74.6 Å². The molecular weight excluding hydrogens is 304 g/mol. The molecule has 0 aliphatic heterocycles. The number of carboxylic acids is 2. The monoisotopic (exact) mass is 334 g/mol. The Labute approximate surface area is 144 Å². The molecule has 0 aliphatic carbocycles. The molecule has 0 bridgehead atoms. The van der Waals surface area contributed by atoms with Gasteiger partial charge in [-0.1, -0.05) is 65.4 Å². The molecule has 0 spiro atoms. The van der Waals surface area contributed by atoms with E-state index < -0.39 is 11.9 Å². The van der Waals surface area contributed by atoms with Crippen molar-refractivity contribution in [3.05, 3.63) is 34.4 Å². The summed E-state index contributed by atoms with van der Waals surface area (Å²) in [6, 6.07) is 3.23. The van der Waals surface area contributed by atoms with E-state index in [0.717, 1.165) is 24.8 Å². The van der Waals surface area contributed by atoms with E-state index in [-0.39, 0.29) is 17.0 Å². The fourth-order valence-electron chi connectivity index (χ4n) is 3.22. The van der Waals surface area contributed by atoms with Gasteiger partial charge in [-0.05, 0) is 36.0 Å². The number of aromatic carboxylic acids is 2. The molecular formula is C20H30O4. The zero-order valence-corrected chi connectivity index (χ0v) is 15.1. The highest BCUT2D eigenvalue weighted by molar-refractivity contribution is 6.03. The minimum absolute atomic E-state index is 0.0186. The van der Waals surface area contributed by atoms with Gasteiger partial charge in [-0.2, -0.15) is 0 Å². The molecule has 1 rings (SSSR count). The van der Waals surface area contributed by atoms with E-state index >= 15 is 0 Å². The van der Waals surface area contributed by atoms with Gasteiger partial charge < -0.3 is 10.2 Å². The third kappa shape index (κ3) is 5.66. The second-order valence-corrected chi connectivity index (χ2v) is 6.70. The van der Waals surface area contributed by atoms with Crippen molar-refractivity contribution < 1.29 is 19.8 Å². The van der Waals surface area contributed by atoms with Crippen molar-refractivity contribution >= 4 is 11.9 Å². The molecule has 0 aliphatic rings. The lowest BCUT2D eigenvalue weighted by atomic mass is 9.86. The zero-order valence-electron chi connectivity index (χ0n) is 15.1. The summed E-state index contributed by atoms with van der Waals surface area (Å²) in [7, 11) is 0. The van der Waals surface area contributed by atoms with E-state index in [0.29, 0.717) is 5.56 Å². The van der Waals surface area contributed by atoms with E-state index in [1.165, 1.54) is 38.2 Å². The number of aryl methyl sites for hydroxylation is 1. The second kappa shape index (κ2) is 10.1. The van der Waals surface area contributed by atoms with Gasteiger partial charge in [0.25, 0.3) is 0 Å². The maximum absolute atomic E-state index is 11.6. The second-order valence-electron chi connectivity index (χ2n) is 6.70. The minimum atomic E-state index is -1.18. The largest absolute Gasteiger partial charge is 0.478 e. The first kappa shape index (κ1) is 20.2. The Bertz CT molecular complexity index is 561. The Morgan fingerprint density at radius 2 is 1.50 bits per heavy atom. The maximum Gasteiger partial charge on any atom is 0.336 e. The van der Waals surface area contributed by atoms with Gasteiger partial charge in [0.2, 0.25) is 0 Å². The summed E-state index contributed by atoms with van der Waals surface area (Å²) in [5.74, 6) is -2.36. The number of hydrogen-bond donors (Lipinski definition) is 2. The molecule has 134 valence electrons. The van der Waals surface area contributed by atoms with Gasteiger partial charge in [0, 0.05) is 0 Å². The summed E-state index contributed by atoms with van der Waals surface area (Å²) in [6.07, 6.45) is 9.22. The highest BCUT2D eigenvalue weighted by Gasteiger charge is 2.24. The molecule has 0 unspecified atom stereocenters. The number of carbonyl (C=O) groups is 2. The van der Waals surface area contributed by atoms with E-state index in [1.54, 1.807) is 6.07 Å². The van der Waals surface area contributed by atoms with Gasteiger partial charge in [-0.15, -0.1) is 0 Å². The van der Waals surface area contributed by atoms with Gasteiger partial charge in [-0.25, -0.2) is 9.59 Å². The summed E-state index contributed by atoms with van der Waals surface area (Å²) >= 11 is 0. The van der Waals surface area contributed by atoms with Crippen LogP contribution in [0.1, 0.15) is 103 Å². The maximum atomic E-state index is 11.6. The van der Waals surface area contributed by atoms with Crippen molar-refractivity contribution in [1.29, 1.82) is 0 Å². The SMILES string of the molecule is CCCCCCCCCc1ccc(C(=O)O)c(C(=O)O)c1C(C)C. The van der Waals surface area contributed by atoms with Crippen LogP contribution in [0.25, 0.3) is 0 Å². The quantitative estimate of drug-likeness (QED) is 0.524. The molecule has 0 saturated heterocycles. The summed E-state index contributed by atoms with van der Waals surface area (Å²) in [5, 5.41) is 18.8. The van der Waals surface area contributed by atoms with Crippen molar-refractivity contribution in [2.45, 2.75) is 78.1 Å². The number of rotatable bonds is 11. The highest BCUT2D eigenvalue weighted by atomic mass is 16.4. The zero-order chi connectivity index (χ0) is 18.1. The van der Waals surface area contributed by atoms with Crippen molar-refractivity contribution in [3.8, 4) is 0 Å². The summed E-state index contributed by atoms with van der Waals surface area (Å²) in [6.45, 7) is 6.04. The lowest BCUT2D eigenvalue weighted by Gasteiger charge is -2.18. The number of benzene rings is 1. The van der Waals surface area contributed by atoms with Crippen LogP contribution in [-0.4, -0.2) is 22.2 Å². The predicted molar refractivity (Wildman–Crippen MR) is 96.1 cm³/mol. The Morgan fingerprint density at radius 1 is 0.917 bits per heavy atom. The van der Waals surface area contributed by atoms with E-state index in [9.17, 15) is 19.8 Å². The van der Waals surface area contributed by atoms with Gasteiger partial charge >= 0.3 is 11.9 Å². The fraction of sp³-hybridized carbons (Fsp3) is 0.600. The molecule has 24 heavy (non-hydrogen) atoms. The number of unbranched alkanes of at least 4 members (excludes halogenated alkanes) is 6. The lowest BCUT2D eigenvalue weighted by molar-refractivity contribution is 0.0650. The standard InChI is InChI=1S/C20H30O4/c1-4-5-6-7-8-9-10-11-15-12-13-16(19(21)22)18(20(23)24)17(15)14(2)3/h12-14H,4-11H2,1-3H3,(H,21,22)(H,23,24). The van der Waals surface area contributed by atoms with Gasteiger partial charge in [0.05, 0.1) is 11.1 Å². The molecule has 0 fully saturated rings. The summed E-state index contributed by atoms with van der Waals surface area (Å²) in [5.41, 5.74) is 1.49. The Hall–Kier alpha value is -1.84. The molecule has 0 heterocycles. The molecule has 0 aromatic heterocycles. The van der Waals surface area contributed by atoms with Crippen LogP contribution in [0.5, 0.6) is 0 Å². The van der Waals surface area contributed by atoms with E-state index in [1.807, 2.05) is 13.8 Å². The van der Waals surface area contributed by atoms with Crippen LogP contribution in [0.2, 0.25) is 0 Å². The molecule has 1 aromatic carbocycles. The van der Waals surface area contributed by atoms with Gasteiger partial charge in [0.1, 0.15) is 0 Å². The fourth-order valence-corrected chi connectivity index (χ4v) is 3.22. The van der Waals surface area contributed by atoms with Crippen molar-refractivity contribution in [1.82, 2.24) is 0 Å². The van der Waals surface area contributed by atoms with Crippen molar-refractivity contribution in [2.75, 3.05) is 0 Å². The summed E-state index contributed by atoms with van der Waals surface area (Å²) in [4.78, 5) is 23.0. The summed E-state index contributed by atoms with van der Waals surface area (Å²) < 4.78 is 0. The first-order valence-electron chi connectivity index (χ1n) is 9.02. The predicted octanol–water partition coefficient (Wildman–Crippen LogP) is 5.50. The highest BCUT2D eigenvalue weighted by Crippen LogP contribution is 2.28.